The second-order valence-corrected chi connectivity index (χ2v) is 8.47. The molecule has 0 spiro atoms. The summed E-state index contributed by atoms with van der Waals surface area (Å²) in [4.78, 5) is 23.8. The number of halogens is 1. The van der Waals surface area contributed by atoms with Crippen molar-refractivity contribution in [1.29, 1.82) is 0 Å². The average molecular weight is 440 g/mol. The summed E-state index contributed by atoms with van der Waals surface area (Å²) in [5, 5.41) is 7.76. The van der Waals surface area contributed by atoms with Gasteiger partial charge >= 0.3 is 0 Å². The van der Waals surface area contributed by atoms with Crippen LogP contribution in [0.5, 0.6) is 0 Å². The number of ether oxygens (including phenoxy) is 1. The van der Waals surface area contributed by atoms with Crippen LogP contribution in [-0.2, 0) is 22.4 Å². The van der Waals surface area contributed by atoms with Crippen molar-refractivity contribution < 1.29 is 9.53 Å². The summed E-state index contributed by atoms with van der Waals surface area (Å²) in [5.74, 6) is 1.55. The number of amides is 1. The Balaban J connectivity index is 1.41. The van der Waals surface area contributed by atoms with Crippen LogP contribution in [0.2, 0.25) is 5.02 Å². The molecule has 1 fully saturated rings. The van der Waals surface area contributed by atoms with Crippen LogP contribution in [0.25, 0.3) is 0 Å². The molecule has 1 aliphatic heterocycles. The van der Waals surface area contributed by atoms with Crippen molar-refractivity contribution in [2.45, 2.75) is 38.7 Å². The summed E-state index contributed by atoms with van der Waals surface area (Å²) in [7, 11) is 0. The first-order valence-electron chi connectivity index (χ1n) is 10.5. The van der Waals surface area contributed by atoms with Crippen LogP contribution in [0.4, 0.5) is 0 Å². The fourth-order valence-electron chi connectivity index (χ4n) is 3.59. The maximum Gasteiger partial charge on any atom is 0.230 e. The Morgan fingerprint density at radius 1 is 1.26 bits per heavy atom. The Hall–Kier alpha value is -2.77. The Bertz CT molecular complexity index is 1050. The standard InChI is InChI=1S/C23H26ClN5O2/c1-15(2)23-26-21(27-28-23)13-22(30)29-9-10-31-20(14-29)19-8-4-7-18(25-19)12-16-5-3-6-17(24)11-16/h3-8,11,15,20H,9-10,12-14H2,1-2H3,(H,26,27,28)/t20-/m0/s1. The molecule has 31 heavy (non-hydrogen) atoms. The molecular weight excluding hydrogens is 414 g/mol. The van der Waals surface area contributed by atoms with E-state index < -0.39 is 0 Å². The average Bonchev–Trinajstić information content (AvgIpc) is 3.23. The smallest absolute Gasteiger partial charge is 0.230 e. The summed E-state index contributed by atoms with van der Waals surface area (Å²) < 4.78 is 5.94. The van der Waals surface area contributed by atoms with E-state index in [4.69, 9.17) is 21.3 Å². The first-order chi connectivity index (χ1) is 15.0. The Morgan fingerprint density at radius 2 is 2.10 bits per heavy atom. The van der Waals surface area contributed by atoms with E-state index in [1.54, 1.807) is 0 Å². The number of pyridine rings is 1. The minimum atomic E-state index is -0.252. The van der Waals surface area contributed by atoms with Crippen molar-refractivity contribution in [3.05, 3.63) is 76.1 Å². The molecule has 0 unspecified atom stereocenters. The van der Waals surface area contributed by atoms with E-state index in [0.717, 1.165) is 22.8 Å². The molecule has 0 radical (unpaired) electrons. The molecule has 1 saturated heterocycles. The Kier molecular flexibility index (Phi) is 6.63. The van der Waals surface area contributed by atoms with Gasteiger partial charge in [-0.15, -0.1) is 0 Å². The number of H-pyrrole nitrogens is 1. The van der Waals surface area contributed by atoms with Crippen LogP contribution in [0.15, 0.2) is 42.5 Å². The fourth-order valence-corrected chi connectivity index (χ4v) is 3.80. The number of hydrogen-bond donors (Lipinski definition) is 1. The molecule has 1 aliphatic rings. The SMILES string of the molecule is CC(C)c1n[nH]c(CC(=O)N2CCO[C@H](c3cccc(Cc4cccc(Cl)c4)n3)C2)n1. The molecule has 1 N–H and O–H groups in total. The van der Waals surface area contributed by atoms with Crippen molar-refractivity contribution in [1.82, 2.24) is 25.1 Å². The molecule has 1 amide bonds. The van der Waals surface area contributed by atoms with Gasteiger partial charge in [0.25, 0.3) is 0 Å². The number of nitrogens with zero attached hydrogens (tertiary/aromatic N) is 4. The van der Waals surface area contributed by atoms with Gasteiger partial charge in [0.05, 0.1) is 25.3 Å². The third-order valence-electron chi connectivity index (χ3n) is 5.24. The second-order valence-electron chi connectivity index (χ2n) is 8.03. The van der Waals surface area contributed by atoms with Crippen molar-refractivity contribution in [2.75, 3.05) is 19.7 Å². The van der Waals surface area contributed by atoms with E-state index >= 15 is 0 Å². The van der Waals surface area contributed by atoms with E-state index in [1.165, 1.54) is 0 Å². The summed E-state index contributed by atoms with van der Waals surface area (Å²) in [6.45, 7) is 5.55. The third-order valence-corrected chi connectivity index (χ3v) is 5.47. The van der Waals surface area contributed by atoms with E-state index in [0.29, 0.717) is 37.0 Å². The molecule has 4 rings (SSSR count). The molecule has 0 aliphatic carbocycles. The van der Waals surface area contributed by atoms with Crippen molar-refractivity contribution >= 4 is 17.5 Å². The number of hydrogen-bond acceptors (Lipinski definition) is 5. The molecule has 0 saturated carbocycles. The van der Waals surface area contributed by atoms with Crippen LogP contribution in [-0.4, -0.2) is 50.7 Å². The minimum Gasteiger partial charge on any atom is -0.368 e. The van der Waals surface area contributed by atoms with E-state index in [-0.39, 0.29) is 24.3 Å². The number of benzene rings is 1. The lowest BCUT2D eigenvalue weighted by atomic mass is 10.1. The first kappa shape index (κ1) is 21.5. The minimum absolute atomic E-state index is 0.00911. The van der Waals surface area contributed by atoms with Crippen molar-refractivity contribution in [3.63, 3.8) is 0 Å². The van der Waals surface area contributed by atoms with Gasteiger partial charge in [0.15, 0.2) is 5.82 Å². The molecule has 3 heterocycles. The molecule has 0 bridgehead atoms. The summed E-state index contributed by atoms with van der Waals surface area (Å²) >= 11 is 6.10. The number of aromatic nitrogens is 4. The summed E-state index contributed by atoms with van der Waals surface area (Å²) in [6.07, 6.45) is 0.639. The molecule has 2 aromatic heterocycles. The third kappa shape index (κ3) is 5.48. The second kappa shape index (κ2) is 9.58. The van der Waals surface area contributed by atoms with Crippen LogP contribution < -0.4 is 0 Å². The molecule has 3 aromatic rings. The molecule has 8 heteroatoms. The monoisotopic (exact) mass is 439 g/mol. The lowest BCUT2D eigenvalue weighted by molar-refractivity contribution is -0.138. The summed E-state index contributed by atoms with van der Waals surface area (Å²) in [6, 6.07) is 13.7. The number of nitrogens with one attached hydrogen (secondary N) is 1. The number of morpholine rings is 1. The molecule has 7 nitrogen and oxygen atoms in total. The Labute approximate surface area is 186 Å². The number of aromatic amines is 1. The molecule has 1 aromatic carbocycles. The highest BCUT2D eigenvalue weighted by Crippen LogP contribution is 2.22. The van der Waals surface area contributed by atoms with Crippen molar-refractivity contribution in [2.24, 2.45) is 0 Å². The summed E-state index contributed by atoms with van der Waals surface area (Å²) in [5.41, 5.74) is 2.87. The van der Waals surface area contributed by atoms with Gasteiger partial charge in [0.2, 0.25) is 5.91 Å². The van der Waals surface area contributed by atoms with Gasteiger partial charge in [-0.3, -0.25) is 14.9 Å². The van der Waals surface area contributed by atoms with Crippen LogP contribution >= 0.6 is 11.6 Å². The zero-order valence-corrected chi connectivity index (χ0v) is 18.5. The number of carbonyl (C=O) groups excluding carboxylic acids is 1. The maximum atomic E-state index is 12.8. The topological polar surface area (TPSA) is 84.0 Å². The highest BCUT2D eigenvalue weighted by molar-refractivity contribution is 6.30. The normalized spacial score (nSPS) is 16.6. The predicted molar refractivity (Wildman–Crippen MR) is 118 cm³/mol. The van der Waals surface area contributed by atoms with Gasteiger partial charge in [0, 0.05) is 29.6 Å². The van der Waals surface area contributed by atoms with Crippen LogP contribution in [0, 0.1) is 0 Å². The van der Waals surface area contributed by atoms with Gasteiger partial charge in [-0.25, -0.2) is 4.98 Å². The van der Waals surface area contributed by atoms with Crippen LogP contribution in [0.3, 0.4) is 0 Å². The maximum absolute atomic E-state index is 12.8. The van der Waals surface area contributed by atoms with Gasteiger partial charge in [-0.2, -0.15) is 5.10 Å². The number of carbonyl (C=O) groups is 1. The van der Waals surface area contributed by atoms with Gasteiger partial charge in [0.1, 0.15) is 11.9 Å². The first-order valence-corrected chi connectivity index (χ1v) is 10.9. The lowest BCUT2D eigenvalue weighted by Gasteiger charge is -2.32. The van der Waals surface area contributed by atoms with Gasteiger partial charge in [-0.05, 0) is 29.8 Å². The fraction of sp³-hybridized carbons (Fsp3) is 0.391. The highest BCUT2D eigenvalue weighted by Gasteiger charge is 2.27. The predicted octanol–water partition coefficient (Wildman–Crippen LogP) is 3.71. The molecule has 162 valence electrons. The number of rotatable bonds is 6. The van der Waals surface area contributed by atoms with E-state index in [1.807, 2.05) is 61.2 Å². The lowest BCUT2D eigenvalue weighted by Crippen LogP contribution is -2.43. The van der Waals surface area contributed by atoms with Gasteiger partial charge in [-0.1, -0.05) is 43.6 Å². The molecular formula is C23H26ClN5O2. The zero-order chi connectivity index (χ0) is 21.8. The quantitative estimate of drug-likeness (QED) is 0.633. The largest absolute Gasteiger partial charge is 0.368 e. The highest BCUT2D eigenvalue weighted by atomic mass is 35.5. The van der Waals surface area contributed by atoms with Crippen LogP contribution in [0.1, 0.15) is 54.5 Å². The van der Waals surface area contributed by atoms with Gasteiger partial charge < -0.3 is 9.64 Å². The van der Waals surface area contributed by atoms with E-state index in [2.05, 4.69) is 15.2 Å². The molecule has 1 atom stereocenters. The Morgan fingerprint density at radius 3 is 2.87 bits per heavy atom. The van der Waals surface area contributed by atoms with Crippen molar-refractivity contribution in [3.8, 4) is 0 Å². The van der Waals surface area contributed by atoms with E-state index in [9.17, 15) is 4.79 Å². The zero-order valence-electron chi connectivity index (χ0n) is 17.7.